The number of aryl methyl sites for hydroxylation is 2. The predicted molar refractivity (Wildman–Crippen MR) is 86.3 cm³/mol. The van der Waals surface area contributed by atoms with Gasteiger partial charge in [0.05, 0.1) is 11.9 Å². The molecule has 128 valence electrons. The minimum absolute atomic E-state index is 0.0470. The van der Waals surface area contributed by atoms with Gasteiger partial charge in [-0.15, -0.1) is 0 Å². The van der Waals surface area contributed by atoms with Crippen LogP contribution in [0.2, 0.25) is 0 Å². The van der Waals surface area contributed by atoms with Gasteiger partial charge in [0.2, 0.25) is 15.9 Å². The molecule has 1 aromatic rings. The highest BCUT2D eigenvalue weighted by Gasteiger charge is 2.56. The van der Waals surface area contributed by atoms with Gasteiger partial charge in [0.15, 0.2) is 0 Å². The Bertz CT molecular complexity index is 717. The lowest BCUT2D eigenvalue weighted by atomic mass is 9.92. The smallest absolute Gasteiger partial charge is 0.244 e. The Morgan fingerprint density at radius 3 is 2.57 bits per heavy atom. The zero-order valence-electron chi connectivity index (χ0n) is 13.9. The number of piperidine rings is 1. The molecule has 1 amide bonds. The van der Waals surface area contributed by atoms with Crippen molar-refractivity contribution in [3.63, 3.8) is 0 Å². The first-order valence-electron chi connectivity index (χ1n) is 7.95. The number of sulfonamides is 1. The first-order chi connectivity index (χ1) is 10.7. The van der Waals surface area contributed by atoms with Crippen molar-refractivity contribution in [2.75, 3.05) is 19.3 Å². The Balaban J connectivity index is 1.53. The van der Waals surface area contributed by atoms with Gasteiger partial charge in [-0.1, -0.05) is 0 Å². The largest absolute Gasteiger partial charge is 0.341 e. The molecule has 1 atom stereocenters. The van der Waals surface area contributed by atoms with E-state index in [1.54, 1.807) is 4.68 Å². The highest BCUT2D eigenvalue weighted by Crippen LogP contribution is 2.54. The number of hydrogen-bond acceptors (Lipinski definition) is 4. The summed E-state index contributed by atoms with van der Waals surface area (Å²) in [5.74, 6) is 0.0827. The number of hydrogen-bond donors (Lipinski definition) is 1. The van der Waals surface area contributed by atoms with Crippen LogP contribution in [0.3, 0.4) is 0 Å². The molecule has 1 aromatic heterocycles. The maximum atomic E-state index is 12.4. The number of carbonyl (C=O) groups excluding carboxylic acids is 1. The Labute approximate surface area is 137 Å². The zero-order chi connectivity index (χ0) is 16.8. The Kier molecular flexibility index (Phi) is 4.00. The highest BCUT2D eigenvalue weighted by molar-refractivity contribution is 7.88. The van der Waals surface area contributed by atoms with Crippen LogP contribution in [-0.4, -0.2) is 54.4 Å². The topological polar surface area (TPSA) is 84.3 Å². The van der Waals surface area contributed by atoms with Crippen LogP contribution in [0.25, 0.3) is 0 Å². The second-order valence-corrected chi connectivity index (χ2v) is 8.75. The van der Waals surface area contributed by atoms with Gasteiger partial charge in [-0.2, -0.15) is 5.10 Å². The van der Waals surface area contributed by atoms with E-state index in [2.05, 4.69) is 9.82 Å². The maximum absolute atomic E-state index is 12.4. The van der Waals surface area contributed by atoms with Gasteiger partial charge in [0.25, 0.3) is 0 Å². The third-order valence-electron chi connectivity index (χ3n) is 5.05. The van der Waals surface area contributed by atoms with Crippen molar-refractivity contribution in [2.45, 2.75) is 45.7 Å². The molecule has 2 heterocycles. The van der Waals surface area contributed by atoms with E-state index in [9.17, 15) is 13.2 Å². The van der Waals surface area contributed by atoms with E-state index in [0.29, 0.717) is 13.1 Å². The lowest BCUT2D eigenvalue weighted by molar-refractivity contribution is -0.133. The van der Waals surface area contributed by atoms with Gasteiger partial charge in [0, 0.05) is 24.8 Å². The summed E-state index contributed by atoms with van der Waals surface area (Å²) in [4.78, 5) is 14.3. The molecule has 0 radical (unpaired) electrons. The van der Waals surface area contributed by atoms with Crippen LogP contribution < -0.4 is 4.72 Å². The highest BCUT2D eigenvalue weighted by atomic mass is 32.2. The lowest BCUT2D eigenvalue weighted by Crippen LogP contribution is -2.43. The average molecular weight is 340 g/mol. The quantitative estimate of drug-likeness (QED) is 0.861. The van der Waals surface area contributed by atoms with E-state index in [1.807, 2.05) is 24.8 Å². The van der Waals surface area contributed by atoms with Crippen molar-refractivity contribution in [1.82, 2.24) is 19.4 Å². The Morgan fingerprint density at radius 2 is 2.04 bits per heavy atom. The van der Waals surface area contributed by atoms with Gasteiger partial charge in [-0.3, -0.25) is 9.48 Å². The summed E-state index contributed by atoms with van der Waals surface area (Å²) in [6.07, 6.45) is 3.82. The van der Waals surface area contributed by atoms with E-state index in [1.165, 1.54) is 6.26 Å². The first-order valence-corrected chi connectivity index (χ1v) is 9.84. The third kappa shape index (κ3) is 3.58. The summed E-state index contributed by atoms with van der Waals surface area (Å²) in [7, 11) is -3.15. The van der Waals surface area contributed by atoms with E-state index < -0.39 is 10.0 Å². The van der Waals surface area contributed by atoms with Crippen LogP contribution in [0.1, 0.15) is 30.7 Å². The summed E-state index contributed by atoms with van der Waals surface area (Å²) >= 11 is 0. The maximum Gasteiger partial charge on any atom is 0.244 e. The van der Waals surface area contributed by atoms with Crippen LogP contribution in [0.5, 0.6) is 0 Å². The number of carbonyl (C=O) groups is 1. The van der Waals surface area contributed by atoms with E-state index >= 15 is 0 Å². The minimum atomic E-state index is -3.15. The van der Waals surface area contributed by atoms with E-state index in [0.717, 1.165) is 30.7 Å². The summed E-state index contributed by atoms with van der Waals surface area (Å²) < 4.78 is 27.1. The van der Waals surface area contributed by atoms with Crippen LogP contribution in [-0.2, 0) is 21.4 Å². The van der Waals surface area contributed by atoms with Crippen LogP contribution in [0.15, 0.2) is 6.07 Å². The van der Waals surface area contributed by atoms with Crippen LogP contribution >= 0.6 is 0 Å². The molecule has 1 saturated carbocycles. The molecule has 1 aliphatic carbocycles. The molecule has 0 bridgehead atoms. The Morgan fingerprint density at radius 1 is 1.39 bits per heavy atom. The van der Waals surface area contributed by atoms with Crippen molar-refractivity contribution in [1.29, 1.82) is 0 Å². The van der Waals surface area contributed by atoms with Crippen molar-refractivity contribution in [3.05, 3.63) is 17.5 Å². The monoisotopic (exact) mass is 340 g/mol. The molecule has 1 unspecified atom stereocenters. The van der Waals surface area contributed by atoms with Gasteiger partial charge >= 0.3 is 0 Å². The minimum Gasteiger partial charge on any atom is -0.341 e. The number of nitrogens with zero attached hydrogens (tertiary/aromatic N) is 3. The van der Waals surface area contributed by atoms with Crippen molar-refractivity contribution in [3.8, 4) is 0 Å². The summed E-state index contributed by atoms with van der Waals surface area (Å²) in [6, 6.07) is 2.01. The molecule has 1 N–H and O–H groups in total. The number of rotatable bonds is 4. The molecule has 7 nitrogen and oxygen atoms in total. The molecular formula is C15H24N4O3S. The SMILES string of the molecule is Cc1cc(C)n(CC(=O)N2CCC3(CC2)CC3NS(C)(=O)=O)n1. The van der Waals surface area contributed by atoms with Gasteiger partial charge < -0.3 is 4.90 Å². The molecule has 2 aliphatic rings. The molecule has 0 aromatic carbocycles. The normalized spacial score (nSPS) is 23.3. The molecule has 3 rings (SSSR count). The van der Waals surface area contributed by atoms with E-state index in [-0.39, 0.29) is 23.9 Å². The fourth-order valence-corrected chi connectivity index (χ4v) is 4.44. The van der Waals surface area contributed by atoms with Crippen LogP contribution in [0.4, 0.5) is 0 Å². The fraction of sp³-hybridized carbons (Fsp3) is 0.733. The average Bonchev–Trinajstić information content (AvgIpc) is 2.95. The second kappa shape index (κ2) is 5.59. The second-order valence-electron chi connectivity index (χ2n) is 6.97. The van der Waals surface area contributed by atoms with Crippen LogP contribution in [0, 0.1) is 19.3 Å². The predicted octanol–water partition coefficient (Wildman–Crippen LogP) is 0.430. The number of likely N-dealkylation sites (tertiary alicyclic amines) is 1. The molecule has 8 heteroatoms. The zero-order valence-corrected chi connectivity index (χ0v) is 14.7. The lowest BCUT2D eigenvalue weighted by Gasteiger charge is -2.33. The first kappa shape index (κ1) is 16.4. The Hall–Kier alpha value is -1.41. The molecule has 1 aliphatic heterocycles. The molecule has 1 spiro atoms. The summed E-state index contributed by atoms with van der Waals surface area (Å²) in [5, 5.41) is 4.33. The summed E-state index contributed by atoms with van der Waals surface area (Å²) in [6.45, 7) is 5.53. The number of aromatic nitrogens is 2. The van der Waals surface area contributed by atoms with Gasteiger partial charge in [-0.05, 0) is 44.6 Å². The van der Waals surface area contributed by atoms with Gasteiger partial charge in [-0.25, -0.2) is 13.1 Å². The molecule has 2 fully saturated rings. The van der Waals surface area contributed by atoms with Crippen molar-refractivity contribution < 1.29 is 13.2 Å². The number of amides is 1. The number of nitrogens with one attached hydrogen (secondary N) is 1. The third-order valence-corrected chi connectivity index (χ3v) is 5.76. The standard InChI is InChI=1S/C15H24N4O3S/c1-11-8-12(2)19(16-11)10-14(20)18-6-4-15(5-7-18)9-13(15)17-23(3,21)22/h8,13,17H,4-7,9-10H2,1-3H3. The molecule has 23 heavy (non-hydrogen) atoms. The van der Waals surface area contributed by atoms with Gasteiger partial charge in [0.1, 0.15) is 6.54 Å². The van der Waals surface area contributed by atoms with Crippen molar-refractivity contribution in [2.24, 2.45) is 5.41 Å². The van der Waals surface area contributed by atoms with E-state index in [4.69, 9.17) is 0 Å². The molecule has 1 saturated heterocycles. The fourth-order valence-electron chi connectivity index (χ4n) is 3.59. The van der Waals surface area contributed by atoms with Crippen molar-refractivity contribution >= 4 is 15.9 Å². The molecular weight excluding hydrogens is 316 g/mol. The summed E-state index contributed by atoms with van der Waals surface area (Å²) in [5.41, 5.74) is 1.97.